The quantitative estimate of drug-likeness (QED) is 0.777. The Kier molecular flexibility index (Phi) is 3.66. The van der Waals surface area contributed by atoms with Crippen LogP contribution in [0.5, 0.6) is 0 Å². The first-order chi connectivity index (χ1) is 7.00. The Morgan fingerprint density at radius 2 is 2.13 bits per heavy atom. The first-order valence-electron chi connectivity index (χ1n) is 4.97. The van der Waals surface area contributed by atoms with E-state index in [0.29, 0.717) is 5.56 Å². The zero-order valence-corrected chi connectivity index (χ0v) is 9.26. The van der Waals surface area contributed by atoms with E-state index in [0.717, 1.165) is 5.69 Å². The predicted octanol–water partition coefficient (Wildman–Crippen LogP) is 0.956. The average Bonchev–Trinajstić information content (AvgIpc) is 2.15. The molecule has 0 atom stereocenters. The highest BCUT2D eigenvalue weighted by molar-refractivity contribution is 5.77. The first-order valence-corrected chi connectivity index (χ1v) is 4.97. The maximum absolute atomic E-state index is 11.4. The lowest BCUT2D eigenvalue weighted by atomic mass is 10.2. The summed E-state index contributed by atoms with van der Waals surface area (Å²) in [5.41, 5.74) is 1.26. The van der Waals surface area contributed by atoms with Gasteiger partial charge >= 0.3 is 0 Å². The zero-order chi connectivity index (χ0) is 11.4. The second kappa shape index (κ2) is 4.77. The molecule has 0 aliphatic heterocycles. The Morgan fingerprint density at radius 1 is 1.47 bits per heavy atom. The van der Waals surface area contributed by atoms with Crippen molar-refractivity contribution in [2.45, 2.75) is 27.3 Å². The molecule has 0 bridgehead atoms. The number of carbonyl (C=O) groups is 1. The van der Waals surface area contributed by atoms with Crippen LogP contribution in [0, 0.1) is 12.8 Å². The number of amides is 1. The topological polar surface area (TPSA) is 62.0 Å². The van der Waals surface area contributed by atoms with Gasteiger partial charge in [0.1, 0.15) is 0 Å². The Bertz CT molecular complexity index is 407. The van der Waals surface area contributed by atoms with E-state index in [1.807, 2.05) is 26.8 Å². The first kappa shape index (κ1) is 11.5. The van der Waals surface area contributed by atoms with E-state index >= 15 is 0 Å². The molecule has 4 heteroatoms. The summed E-state index contributed by atoms with van der Waals surface area (Å²) in [7, 11) is 0. The normalized spacial score (nSPS) is 10.4. The van der Waals surface area contributed by atoms with Crippen LogP contribution in [0.15, 0.2) is 16.9 Å². The second-order valence-electron chi connectivity index (χ2n) is 3.87. The minimum atomic E-state index is -0.140. The van der Waals surface area contributed by atoms with E-state index in [-0.39, 0.29) is 23.9 Å². The number of hydrogen-bond donors (Lipinski definition) is 2. The Labute approximate surface area is 88.7 Å². The van der Waals surface area contributed by atoms with Gasteiger partial charge in [0.2, 0.25) is 5.91 Å². The van der Waals surface area contributed by atoms with Gasteiger partial charge in [0, 0.05) is 23.7 Å². The molecule has 0 saturated carbocycles. The van der Waals surface area contributed by atoms with Gasteiger partial charge in [-0.3, -0.25) is 9.59 Å². The largest absolute Gasteiger partial charge is 0.352 e. The molecule has 0 aliphatic rings. The van der Waals surface area contributed by atoms with Crippen molar-refractivity contribution in [3.63, 3.8) is 0 Å². The van der Waals surface area contributed by atoms with Crippen LogP contribution in [-0.4, -0.2) is 10.9 Å². The molecular formula is C11H16N2O2. The molecule has 15 heavy (non-hydrogen) atoms. The summed E-state index contributed by atoms with van der Waals surface area (Å²) in [6.07, 6.45) is 0. The van der Waals surface area contributed by atoms with Crippen LogP contribution in [0.4, 0.5) is 0 Å². The molecule has 1 aromatic heterocycles. The average molecular weight is 208 g/mol. The molecule has 0 saturated heterocycles. The second-order valence-corrected chi connectivity index (χ2v) is 3.87. The molecule has 1 amide bonds. The van der Waals surface area contributed by atoms with Crippen LogP contribution >= 0.6 is 0 Å². The van der Waals surface area contributed by atoms with E-state index < -0.39 is 0 Å². The molecule has 1 rings (SSSR count). The van der Waals surface area contributed by atoms with Crippen molar-refractivity contribution in [2.75, 3.05) is 0 Å². The summed E-state index contributed by atoms with van der Waals surface area (Å²) in [5, 5.41) is 2.70. The third-order valence-electron chi connectivity index (χ3n) is 2.11. The number of H-pyrrole nitrogens is 1. The summed E-state index contributed by atoms with van der Waals surface area (Å²) in [6.45, 7) is 5.73. The molecule has 1 aromatic rings. The van der Waals surface area contributed by atoms with Crippen LogP contribution in [-0.2, 0) is 11.3 Å². The van der Waals surface area contributed by atoms with E-state index in [1.165, 1.54) is 0 Å². The van der Waals surface area contributed by atoms with Crippen molar-refractivity contribution in [3.05, 3.63) is 33.7 Å². The summed E-state index contributed by atoms with van der Waals surface area (Å²) >= 11 is 0. The number of aryl methyl sites for hydroxylation is 1. The van der Waals surface area contributed by atoms with Gasteiger partial charge in [-0.05, 0) is 13.0 Å². The van der Waals surface area contributed by atoms with Crippen LogP contribution in [0.25, 0.3) is 0 Å². The lowest BCUT2D eigenvalue weighted by molar-refractivity contribution is -0.124. The summed E-state index contributed by atoms with van der Waals surface area (Å²) < 4.78 is 0. The minimum Gasteiger partial charge on any atom is -0.352 e. The number of nitrogens with one attached hydrogen (secondary N) is 2. The van der Waals surface area contributed by atoms with Crippen LogP contribution in [0.3, 0.4) is 0 Å². The molecule has 0 fully saturated rings. The molecule has 82 valence electrons. The van der Waals surface area contributed by atoms with Crippen LogP contribution < -0.4 is 10.9 Å². The zero-order valence-electron chi connectivity index (χ0n) is 9.26. The van der Waals surface area contributed by atoms with E-state index in [2.05, 4.69) is 10.3 Å². The molecule has 0 radical (unpaired) electrons. The van der Waals surface area contributed by atoms with Crippen LogP contribution in [0.2, 0.25) is 0 Å². The number of pyridine rings is 1. The molecule has 0 aliphatic carbocycles. The van der Waals surface area contributed by atoms with Crippen molar-refractivity contribution in [1.82, 2.24) is 10.3 Å². The third kappa shape index (κ3) is 3.23. The van der Waals surface area contributed by atoms with Gasteiger partial charge in [-0.25, -0.2) is 0 Å². The fraction of sp³-hybridized carbons (Fsp3) is 0.455. The molecule has 0 spiro atoms. The Hall–Kier alpha value is -1.58. The molecule has 0 aromatic carbocycles. The molecule has 2 N–H and O–H groups in total. The SMILES string of the molecule is Cc1ccc(CNC(=O)C(C)C)c(=O)[nH]1. The van der Waals surface area contributed by atoms with Gasteiger partial charge in [-0.15, -0.1) is 0 Å². The maximum atomic E-state index is 11.4. The smallest absolute Gasteiger partial charge is 0.253 e. The fourth-order valence-corrected chi connectivity index (χ4v) is 1.13. The monoisotopic (exact) mass is 208 g/mol. The molecule has 1 heterocycles. The summed E-state index contributed by atoms with van der Waals surface area (Å²) in [6, 6.07) is 3.55. The Morgan fingerprint density at radius 3 is 2.67 bits per heavy atom. The number of aromatic amines is 1. The summed E-state index contributed by atoms with van der Waals surface area (Å²) in [4.78, 5) is 25.4. The van der Waals surface area contributed by atoms with Gasteiger partial charge in [0.05, 0.1) is 0 Å². The lowest BCUT2D eigenvalue weighted by Gasteiger charge is -2.07. The van der Waals surface area contributed by atoms with Crippen molar-refractivity contribution in [1.29, 1.82) is 0 Å². The summed E-state index contributed by atoms with van der Waals surface area (Å²) in [5.74, 6) is -0.107. The van der Waals surface area contributed by atoms with E-state index in [4.69, 9.17) is 0 Å². The van der Waals surface area contributed by atoms with Crippen molar-refractivity contribution in [2.24, 2.45) is 5.92 Å². The number of hydrogen-bond acceptors (Lipinski definition) is 2. The van der Waals surface area contributed by atoms with Gasteiger partial charge in [-0.1, -0.05) is 19.9 Å². The van der Waals surface area contributed by atoms with Gasteiger partial charge in [0.25, 0.3) is 5.56 Å². The molecular weight excluding hydrogens is 192 g/mol. The standard InChI is InChI=1S/C11H16N2O2/c1-7(2)10(14)12-6-9-5-4-8(3)13-11(9)15/h4-5,7H,6H2,1-3H3,(H,12,14)(H,13,15). The maximum Gasteiger partial charge on any atom is 0.253 e. The third-order valence-corrected chi connectivity index (χ3v) is 2.11. The predicted molar refractivity (Wildman–Crippen MR) is 58.5 cm³/mol. The highest BCUT2D eigenvalue weighted by Gasteiger charge is 2.07. The number of aromatic nitrogens is 1. The lowest BCUT2D eigenvalue weighted by Crippen LogP contribution is -2.29. The Balaban J connectivity index is 2.66. The fourth-order valence-electron chi connectivity index (χ4n) is 1.13. The van der Waals surface area contributed by atoms with Crippen molar-refractivity contribution in [3.8, 4) is 0 Å². The highest BCUT2D eigenvalue weighted by Crippen LogP contribution is 1.95. The molecule has 4 nitrogen and oxygen atoms in total. The van der Waals surface area contributed by atoms with E-state index in [1.54, 1.807) is 6.07 Å². The van der Waals surface area contributed by atoms with Crippen molar-refractivity contribution >= 4 is 5.91 Å². The molecule has 0 unspecified atom stereocenters. The van der Waals surface area contributed by atoms with Gasteiger partial charge < -0.3 is 10.3 Å². The van der Waals surface area contributed by atoms with Gasteiger partial charge in [0.15, 0.2) is 0 Å². The van der Waals surface area contributed by atoms with Crippen molar-refractivity contribution < 1.29 is 4.79 Å². The highest BCUT2D eigenvalue weighted by atomic mass is 16.2. The van der Waals surface area contributed by atoms with Gasteiger partial charge in [-0.2, -0.15) is 0 Å². The minimum absolute atomic E-state index is 0.0463. The van der Waals surface area contributed by atoms with Crippen LogP contribution in [0.1, 0.15) is 25.1 Å². The number of carbonyl (C=O) groups excluding carboxylic acids is 1. The number of rotatable bonds is 3. The van der Waals surface area contributed by atoms with E-state index in [9.17, 15) is 9.59 Å².